The summed E-state index contributed by atoms with van der Waals surface area (Å²) in [5.74, 6) is 1.50. The lowest BCUT2D eigenvalue weighted by Crippen LogP contribution is -2.51. The summed E-state index contributed by atoms with van der Waals surface area (Å²) < 4.78 is 2.05. The predicted octanol–water partition coefficient (Wildman–Crippen LogP) is 0.387. The van der Waals surface area contributed by atoms with Gasteiger partial charge in [0.1, 0.15) is 5.82 Å². The molecule has 1 fully saturated rings. The summed E-state index contributed by atoms with van der Waals surface area (Å²) in [6, 6.07) is 0.108. The van der Waals surface area contributed by atoms with E-state index < -0.39 is 0 Å². The van der Waals surface area contributed by atoms with Crippen LogP contribution in [0.1, 0.15) is 19.2 Å². The molecule has 0 saturated carbocycles. The third-order valence-corrected chi connectivity index (χ3v) is 3.55. The smallest absolute Gasteiger partial charge is 0.223 e. The number of carbonyl (C=O) groups is 1. The number of amides is 1. The molecule has 1 aromatic rings. The lowest BCUT2D eigenvalue weighted by atomic mass is 9.94. The highest BCUT2D eigenvalue weighted by Crippen LogP contribution is 2.16. The highest BCUT2D eigenvalue weighted by atomic mass is 16.2. The fourth-order valence-electron chi connectivity index (χ4n) is 2.18. The molecule has 0 aliphatic carbocycles. The zero-order valence-corrected chi connectivity index (χ0v) is 10.5. The van der Waals surface area contributed by atoms with Gasteiger partial charge in [0, 0.05) is 44.5 Å². The molecule has 2 unspecified atom stereocenters. The molecule has 1 aliphatic heterocycles. The van der Waals surface area contributed by atoms with Crippen molar-refractivity contribution < 1.29 is 4.79 Å². The van der Waals surface area contributed by atoms with Crippen LogP contribution in [0.5, 0.6) is 0 Å². The summed E-state index contributed by atoms with van der Waals surface area (Å²) in [6.07, 6.45) is 4.29. The Morgan fingerprint density at radius 2 is 2.29 bits per heavy atom. The van der Waals surface area contributed by atoms with Crippen LogP contribution in [0.2, 0.25) is 0 Å². The largest absolute Gasteiger partial charge is 0.339 e. The van der Waals surface area contributed by atoms with Crippen LogP contribution in [-0.2, 0) is 11.3 Å². The van der Waals surface area contributed by atoms with Crippen LogP contribution in [-0.4, -0.2) is 39.5 Å². The maximum atomic E-state index is 11.8. The first-order valence-electron chi connectivity index (χ1n) is 6.09. The van der Waals surface area contributed by atoms with E-state index in [4.69, 9.17) is 5.73 Å². The number of hydrogen-bond acceptors (Lipinski definition) is 3. The van der Waals surface area contributed by atoms with Crippen LogP contribution in [0.25, 0.3) is 0 Å². The molecule has 2 rings (SSSR count). The third kappa shape index (κ3) is 2.66. The molecular formula is C12H20N4O. The Morgan fingerprint density at radius 3 is 2.94 bits per heavy atom. The minimum Gasteiger partial charge on any atom is -0.339 e. The molecule has 0 bridgehead atoms. The summed E-state index contributed by atoms with van der Waals surface area (Å²) in [5, 5.41) is 0. The molecule has 0 aromatic carbocycles. The molecule has 94 valence electrons. The topological polar surface area (TPSA) is 64.2 Å². The van der Waals surface area contributed by atoms with Gasteiger partial charge in [-0.1, -0.05) is 6.92 Å². The van der Waals surface area contributed by atoms with E-state index in [1.54, 1.807) is 6.20 Å². The molecule has 1 amide bonds. The SMILES string of the molecule is Cc1nccn1CCN1CC(N)C(C)CC1=O. The highest BCUT2D eigenvalue weighted by Gasteiger charge is 2.28. The average molecular weight is 236 g/mol. The van der Waals surface area contributed by atoms with Crippen LogP contribution in [0.3, 0.4) is 0 Å². The Kier molecular flexibility index (Phi) is 3.47. The van der Waals surface area contributed by atoms with E-state index in [9.17, 15) is 4.79 Å². The summed E-state index contributed by atoms with van der Waals surface area (Å²) in [4.78, 5) is 17.9. The van der Waals surface area contributed by atoms with Crippen molar-refractivity contribution >= 4 is 5.91 Å². The molecule has 5 heteroatoms. The second kappa shape index (κ2) is 4.87. The standard InChI is InChI=1S/C12H20N4O/c1-9-7-12(17)16(8-11(9)13)6-5-15-4-3-14-10(15)2/h3-4,9,11H,5-8,13H2,1-2H3. The van der Waals surface area contributed by atoms with E-state index in [1.807, 2.05) is 24.9 Å². The summed E-state index contributed by atoms with van der Waals surface area (Å²) >= 11 is 0. The van der Waals surface area contributed by atoms with Gasteiger partial charge in [-0.2, -0.15) is 0 Å². The van der Waals surface area contributed by atoms with Crippen molar-refractivity contribution in [2.75, 3.05) is 13.1 Å². The minimum absolute atomic E-state index is 0.108. The van der Waals surface area contributed by atoms with Crippen molar-refractivity contribution in [2.24, 2.45) is 11.7 Å². The van der Waals surface area contributed by atoms with Gasteiger partial charge < -0.3 is 15.2 Å². The third-order valence-electron chi connectivity index (χ3n) is 3.55. The summed E-state index contributed by atoms with van der Waals surface area (Å²) in [5.41, 5.74) is 6.00. The highest BCUT2D eigenvalue weighted by molar-refractivity contribution is 5.77. The number of likely N-dealkylation sites (tertiary alicyclic amines) is 1. The molecule has 2 N–H and O–H groups in total. The van der Waals surface area contributed by atoms with E-state index in [-0.39, 0.29) is 11.9 Å². The van der Waals surface area contributed by atoms with Crippen LogP contribution in [0.15, 0.2) is 12.4 Å². The van der Waals surface area contributed by atoms with Crippen LogP contribution >= 0.6 is 0 Å². The first kappa shape index (κ1) is 12.1. The maximum absolute atomic E-state index is 11.8. The number of piperidine rings is 1. The van der Waals surface area contributed by atoms with Crippen molar-refractivity contribution in [3.05, 3.63) is 18.2 Å². The fraction of sp³-hybridized carbons (Fsp3) is 0.667. The normalized spacial score (nSPS) is 25.4. The molecule has 1 saturated heterocycles. The Bertz CT molecular complexity index is 401. The van der Waals surface area contributed by atoms with E-state index in [0.717, 1.165) is 18.9 Å². The first-order chi connectivity index (χ1) is 8.08. The zero-order chi connectivity index (χ0) is 12.4. The zero-order valence-electron chi connectivity index (χ0n) is 10.5. The van der Waals surface area contributed by atoms with E-state index in [1.165, 1.54) is 0 Å². The van der Waals surface area contributed by atoms with Crippen LogP contribution < -0.4 is 5.73 Å². The van der Waals surface area contributed by atoms with Crippen molar-refractivity contribution in [1.82, 2.24) is 14.5 Å². The van der Waals surface area contributed by atoms with Gasteiger partial charge in [0.05, 0.1) is 0 Å². The fourth-order valence-corrected chi connectivity index (χ4v) is 2.18. The number of rotatable bonds is 3. The van der Waals surface area contributed by atoms with Gasteiger partial charge in [-0.05, 0) is 12.8 Å². The molecule has 0 radical (unpaired) electrons. The van der Waals surface area contributed by atoms with Crippen LogP contribution in [0, 0.1) is 12.8 Å². The van der Waals surface area contributed by atoms with Crippen molar-refractivity contribution in [2.45, 2.75) is 32.9 Å². The number of aromatic nitrogens is 2. The first-order valence-corrected chi connectivity index (χ1v) is 6.09. The van der Waals surface area contributed by atoms with E-state index >= 15 is 0 Å². The molecule has 1 aromatic heterocycles. The van der Waals surface area contributed by atoms with Crippen molar-refractivity contribution in [3.63, 3.8) is 0 Å². The van der Waals surface area contributed by atoms with Gasteiger partial charge in [-0.15, -0.1) is 0 Å². The Balaban J connectivity index is 1.91. The van der Waals surface area contributed by atoms with Crippen molar-refractivity contribution in [3.8, 4) is 0 Å². The molecule has 2 atom stereocenters. The van der Waals surface area contributed by atoms with Crippen LogP contribution in [0.4, 0.5) is 0 Å². The number of nitrogens with two attached hydrogens (primary N) is 1. The van der Waals surface area contributed by atoms with Gasteiger partial charge in [0.2, 0.25) is 5.91 Å². The number of aryl methyl sites for hydroxylation is 1. The van der Waals surface area contributed by atoms with Gasteiger partial charge in [0.15, 0.2) is 0 Å². The number of imidazole rings is 1. The molecular weight excluding hydrogens is 216 g/mol. The average Bonchev–Trinajstić information content (AvgIpc) is 2.68. The summed E-state index contributed by atoms with van der Waals surface area (Å²) in [7, 11) is 0. The lowest BCUT2D eigenvalue weighted by molar-refractivity contribution is -0.135. The maximum Gasteiger partial charge on any atom is 0.223 e. The minimum atomic E-state index is 0.108. The Hall–Kier alpha value is -1.36. The number of hydrogen-bond donors (Lipinski definition) is 1. The molecule has 5 nitrogen and oxygen atoms in total. The second-order valence-electron chi connectivity index (χ2n) is 4.85. The molecule has 1 aliphatic rings. The molecule has 2 heterocycles. The number of nitrogens with zero attached hydrogens (tertiary/aromatic N) is 3. The summed E-state index contributed by atoms with van der Waals surface area (Å²) in [6.45, 7) is 6.19. The molecule has 17 heavy (non-hydrogen) atoms. The lowest BCUT2D eigenvalue weighted by Gasteiger charge is -2.34. The predicted molar refractivity (Wildman–Crippen MR) is 65.3 cm³/mol. The van der Waals surface area contributed by atoms with E-state index in [2.05, 4.69) is 9.55 Å². The van der Waals surface area contributed by atoms with Gasteiger partial charge in [-0.3, -0.25) is 4.79 Å². The Labute approximate surface area is 102 Å². The van der Waals surface area contributed by atoms with Gasteiger partial charge in [-0.25, -0.2) is 4.98 Å². The van der Waals surface area contributed by atoms with Gasteiger partial charge in [0.25, 0.3) is 0 Å². The van der Waals surface area contributed by atoms with E-state index in [0.29, 0.717) is 18.9 Å². The molecule has 0 spiro atoms. The van der Waals surface area contributed by atoms with Crippen molar-refractivity contribution in [1.29, 1.82) is 0 Å². The van der Waals surface area contributed by atoms with Gasteiger partial charge >= 0.3 is 0 Å². The monoisotopic (exact) mass is 236 g/mol. The number of carbonyl (C=O) groups excluding carboxylic acids is 1. The Morgan fingerprint density at radius 1 is 1.53 bits per heavy atom. The quantitative estimate of drug-likeness (QED) is 0.825. The second-order valence-corrected chi connectivity index (χ2v) is 4.85.